The summed E-state index contributed by atoms with van der Waals surface area (Å²) < 4.78 is 11.4. The highest BCUT2D eigenvalue weighted by molar-refractivity contribution is 7.80. The van der Waals surface area contributed by atoms with Crippen molar-refractivity contribution in [1.29, 1.82) is 0 Å². The first kappa shape index (κ1) is 18.3. The van der Waals surface area contributed by atoms with Gasteiger partial charge in [0.1, 0.15) is 17.6 Å². The van der Waals surface area contributed by atoms with Crippen LogP contribution in [0.25, 0.3) is 0 Å². The molecule has 1 aliphatic rings. The molecule has 1 N–H and O–H groups in total. The minimum Gasteiger partial charge on any atom is -0.497 e. The SMILES string of the molecule is CCN1C[C@@H](CN(C)C(=S)Nc2ccc(OC)cc2)Oc2ccccc21. The standard InChI is InChI=1S/C20H25N3O2S/c1-4-23-14-17(25-19-8-6-5-7-18(19)23)13-22(2)20(26)21-15-9-11-16(24-3)12-10-15/h5-12,17H,4,13-14H2,1-3H3,(H,21,26)/t17-/m1/s1. The lowest BCUT2D eigenvalue weighted by Gasteiger charge is -2.37. The molecule has 1 heterocycles. The summed E-state index contributed by atoms with van der Waals surface area (Å²) >= 11 is 5.54. The third-order valence-corrected chi connectivity index (χ3v) is 4.88. The van der Waals surface area contributed by atoms with Crippen molar-refractivity contribution in [2.24, 2.45) is 0 Å². The molecule has 2 aromatic carbocycles. The van der Waals surface area contributed by atoms with Crippen LogP contribution in [0.4, 0.5) is 11.4 Å². The number of rotatable bonds is 5. The molecule has 26 heavy (non-hydrogen) atoms. The predicted octanol–water partition coefficient (Wildman–Crippen LogP) is 3.61. The van der Waals surface area contributed by atoms with Gasteiger partial charge in [0.25, 0.3) is 0 Å². The molecular weight excluding hydrogens is 346 g/mol. The molecule has 138 valence electrons. The molecular formula is C20H25N3O2S. The fourth-order valence-electron chi connectivity index (χ4n) is 3.06. The predicted molar refractivity (Wildman–Crippen MR) is 111 cm³/mol. The van der Waals surface area contributed by atoms with Gasteiger partial charge in [-0.15, -0.1) is 0 Å². The number of hydrogen-bond acceptors (Lipinski definition) is 4. The van der Waals surface area contributed by atoms with Gasteiger partial charge >= 0.3 is 0 Å². The van der Waals surface area contributed by atoms with E-state index in [1.54, 1.807) is 7.11 Å². The van der Waals surface area contributed by atoms with Gasteiger partial charge in [0, 0.05) is 19.3 Å². The molecule has 1 aliphatic heterocycles. The zero-order valence-corrected chi connectivity index (χ0v) is 16.3. The monoisotopic (exact) mass is 371 g/mol. The lowest BCUT2D eigenvalue weighted by Crippen LogP contribution is -2.47. The van der Waals surface area contributed by atoms with Gasteiger partial charge < -0.3 is 24.6 Å². The van der Waals surface area contributed by atoms with E-state index in [0.717, 1.165) is 36.0 Å². The van der Waals surface area contributed by atoms with Gasteiger partial charge in [-0.2, -0.15) is 0 Å². The van der Waals surface area contributed by atoms with Crippen LogP contribution < -0.4 is 19.7 Å². The zero-order chi connectivity index (χ0) is 18.5. The van der Waals surface area contributed by atoms with E-state index in [0.29, 0.717) is 11.7 Å². The van der Waals surface area contributed by atoms with E-state index in [-0.39, 0.29) is 6.10 Å². The third kappa shape index (κ3) is 4.19. The number of nitrogens with one attached hydrogen (secondary N) is 1. The van der Waals surface area contributed by atoms with Crippen LogP contribution in [0.1, 0.15) is 6.92 Å². The van der Waals surface area contributed by atoms with Crippen molar-refractivity contribution in [2.75, 3.05) is 44.0 Å². The van der Waals surface area contributed by atoms with Crippen molar-refractivity contribution >= 4 is 28.7 Å². The van der Waals surface area contributed by atoms with Crippen molar-refractivity contribution in [1.82, 2.24) is 4.90 Å². The first-order valence-electron chi connectivity index (χ1n) is 8.77. The number of para-hydroxylation sites is 2. The Kier molecular flexibility index (Phi) is 5.83. The molecule has 2 aromatic rings. The Labute approximate surface area is 160 Å². The lowest BCUT2D eigenvalue weighted by atomic mass is 10.2. The van der Waals surface area contributed by atoms with Crippen LogP contribution in [0.15, 0.2) is 48.5 Å². The Bertz CT molecular complexity index is 751. The number of fused-ring (bicyclic) bond motifs is 1. The van der Waals surface area contributed by atoms with Gasteiger partial charge in [0.15, 0.2) is 5.11 Å². The van der Waals surface area contributed by atoms with Crippen LogP contribution in [0.3, 0.4) is 0 Å². The van der Waals surface area contributed by atoms with Crippen LogP contribution in [-0.4, -0.2) is 49.9 Å². The number of thiocarbonyl (C=S) groups is 1. The van der Waals surface area contributed by atoms with Crippen LogP contribution in [0.5, 0.6) is 11.5 Å². The molecule has 0 fully saturated rings. The second kappa shape index (κ2) is 8.27. The number of ether oxygens (including phenoxy) is 2. The second-order valence-electron chi connectivity index (χ2n) is 6.29. The smallest absolute Gasteiger partial charge is 0.173 e. The Morgan fingerprint density at radius 1 is 1.27 bits per heavy atom. The van der Waals surface area contributed by atoms with Crippen molar-refractivity contribution in [3.63, 3.8) is 0 Å². The number of benzene rings is 2. The average molecular weight is 372 g/mol. The van der Waals surface area contributed by atoms with E-state index in [4.69, 9.17) is 21.7 Å². The summed E-state index contributed by atoms with van der Waals surface area (Å²) in [6.07, 6.45) is 0.0606. The van der Waals surface area contributed by atoms with E-state index in [1.165, 1.54) is 0 Å². The molecule has 0 radical (unpaired) electrons. The number of nitrogens with zero attached hydrogens (tertiary/aromatic N) is 2. The Morgan fingerprint density at radius 3 is 2.69 bits per heavy atom. The van der Waals surface area contributed by atoms with Gasteiger partial charge in [-0.1, -0.05) is 12.1 Å². The number of methoxy groups -OCH3 is 1. The number of likely N-dealkylation sites (N-methyl/N-ethyl adjacent to an activating group) is 2. The normalized spacial score (nSPS) is 15.7. The molecule has 0 saturated carbocycles. The van der Waals surface area contributed by atoms with E-state index < -0.39 is 0 Å². The molecule has 6 heteroatoms. The maximum atomic E-state index is 6.18. The van der Waals surface area contributed by atoms with Crippen LogP contribution in [0, 0.1) is 0 Å². The van der Waals surface area contributed by atoms with Gasteiger partial charge in [-0.05, 0) is 55.5 Å². The Morgan fingerprint density at radius 2 is 2.00 bits per heavy atom. The molecule has 3 rings (SSSR count). The summed E-state index contributed by atoms with van der Waals surface area (Å²) in [6.45, 7) is 4.68. The Hall–Kier alpha value is -2.47. The van der Waals surface area contributed by atoms with Crippen molar-refractivity contribution < 1.29 is 9.47 Å². The maximum absolute atomic E-state index is 6.18. The molecule has 0 aromatic heterocycles. The van der Waals surface area contributed by atoms with Crippen LogP contribution in [-0.2, 0) is 0 Å². The summed E-state index contributed by atoms with van der Waals surface area (Å²) in [5.41, 5.74) is 2.10. The average Bonchev–Trinajstić information content (AvgIpc) is 2.67. The molecule has 0 unspecified atom stereocenters. The summed E-state index contributed by atoms with van der Waals surface area (Å²) in [5, 5.41) is 3.93. The first-order chi connectivity index (χ1) is 12.6. The van der Waals surface area contributed by atoms with E-state index in [9.17, 15) is 0 Å². The molecule has 0 amide bonds. The number of hydrogen-bond donors (Lipinski definition) is 1. The fourth-order valence-corrected chi connectivity index (χ4v) is 3.25. The Balaban J connectivity index is 1.60. The lowest BCUT2D eigenvalue weighted by molar-refractivity contribution is 0.169. The number of anilines is 2. The second-order valence-corrected chi connectivity index (χ2v) is 6.67. The largest absolute Gasteiger partial charge is 0.497 e. The third-order valence-electron chi connectivity index (χ3n) is 4.47. The summed E-state index contributed by atoms with van der Waals surface area (Å²) in [5.74, 6) is 1.76. The quantitative estimate of drug-likeness (QED) is 0.810. The summed E-state index contributed by atoms with van der Waals surface area (Å²) in [6, 6.07) is 15.9. The first-order valence-corrected chi connectivity index (χ1v) is 9.18. The molecule has 0 bridgehead atoms. The van der Waals surface area contributed by atoms with E-state index in [1.807, 2.05) is 54.4 Å². The fraction of sp³-hybridized carbons (Fsp3) is 0.350. The molecule has 0 saturated heterocycles. The molecule has 0 aliphatic carbocycles. The van der Waals surface area contributed by atoms with Crippen molar-refractivity contribution in [2.45, 2.75) is 13.0 Å². The zero-order valence-electron chi connectivity index (χ0n) is 15.4. The molecule has 0 spiro atoms. The van der Waals surface area contributed by atoms with Gasteiger partial charge in [0.05, 0.1) is 25.9 Å². The molecule has 5 nitrogen and oxygen atoms in total. The van der Waals surface area contributed by atoms with Crippen LogP contribution in [0.2, 0.25) is 0 Å². The van der Waals surface area contributed by atoms with Gasteiger partial charge in [0.2, 0.25) is 0 Å². The summed E-state index contributed by atoms with van der Waals surface area (Å²) in [4.78, 5) is 4.36. The highest BCUT2D eigenvalue weighted by Gasteiger charge is 2.26. The maximum Gasteiger partial charge on any atom is 0.173 e. The van der Waals surface area contributed by atoms with E-state index in [2.05, 4.69) is 23.2 Å². The minimum atomic E-state index is 0.0606. The van der Waals surface area contributed by atoms with Gasteiger partial charge in [-0.3, -0.25) is 0 Å². The van der Waals surface area contributed by atoms with E-state index >= 15 is 0 Å². The minimum absolute atomic E-state index is 0.0606. The summed E-state index contributed by atoms with van der Waals surface area (Å²) in [7, 11) is 3.64. The highest BCUT2D eigenvalue weighted by atomic mass is 32.1. The van der Waals surface area contributed by atoms with Crippen molar-refractivity contribution in [3.05, 3.63) is 48.5 Å². The topological polar surface area (TPSA) is 37.0 Å². The molecule has 1 atom stereocenters. The van der Waals surface area contributed by atoms with Gasteiger partial charge in [-0.25, -0.2) is 0 Å². The highest BCUT2D eigenvalue weighted by Crippen LogP contribution is 2.32. The van der Waals surface area contributed by atoms with Crippen LogP contribution >= 0.6 is 12.2 Å². The van der Waals surface area contributed by atoms with Crippen molar-refractivity contribution in [3.8, 4) is 11.5 Å².